The Morgan fingerprint density at radius 2 is 2.00 bits per heavy atom. The smallest absolute Gasteiger partial charge is 0.0963 e. The number of nitrogens with zero attached hydrogens (tertiary/aromatic N) is 1. The van der Waals surface area contributed by atoms with Crippen molar-refractivity contribution in [1.29, 1.82) is 0 Å². The Bertz CT molecular complexity index is 356. The second kappa shape index (κ2) is 6.43. The molecule has 1 aromatic rings. The van der Waals surface area contributed by atoms with E-state index in [0.717, 1.165) is 19.5 Å². The van der Waals surface area contributed by atoms with Gasteiger partial charge in [-0.15, -0.1) is 0 Å². The first-order valence-corrected chi connectivity index (χ1v) is 6.68. The van der Waals surface area contributed by atoms with E-state index in [9.17, 15) is 0 Å². The SMILES string of the molecule is CC(CNC1=NCCCCC1)c1ccccc1. The Kier molecular flexibility index (Phi) is 4.60. The molecule has 1 aliphatic heterocycles. The first-order valence-electron chi connectivity index (χ1n) is 6.68. The third kappa shape index (κ3) is 3.88. The zero-order valence-electron chi connectivity index (χ0n) is 10.7. The van der Waals surface area contributed by atoms with Crippen LogP contribution in [0.15, 0.2) is 35.3 Å². The molecule has 1 N–H and O–H groups in total. The molecule has 0 aliphatic carbocycles. The average molecular weight is 230 g/mol. The van der Waals surface area contributed by atoms with Gasteiger partial charge in [-0.05, 0) is 24.3 Å². The van der Waals surface area contributed by atoms with Gasteiger partial charge >= 0.3 is 0 Å². The van der Waals surface area contributed by atoms with Gasteiger partial charge in [-0.1, -0.05) is 43.7 Å². The monoisotopic (exact) mass is 230 g/mol. The summed E-state index contributed by atoms with van der Waals surface area (Å²) in [6.45, 7) is 4.25. The maximum atomic E-state index is 4.59. The predicted molar refractivity (Wildman–Crippen MR) is 73.6 cm³/mol. The van der Waals surface area contributed by atoms with E-state index in [1.54, 1.807) is 0 Å². The van der Waals surface area contributed by atoms with Crippen LogP contribution < -0.4 is 5.32 Å². The minimum absolute atomic E-state index is 0.544. The Morgan fingerprint density at radius 3 is 2.82 bits per heavy atom. The van der Waals surface area contributed by atoms with Gasteiger partial charge < -0.3 is 5.32 Å². The van der Waals surface area contributed by atoms with E-state index >= 15 is 0 Å². The van der Waals surface area contributed by atoms with E-state index in [0.29, 0.717) is 5.92 Å². The number of amidine groups is 1. The van der Waals surface area contributed by atoms with Gasteiger partial charge in [0.2, 0.25) is 0 Å². The summed E-state index contributed by atoms with van der Waals surface area (Å²) >= 11 is 0. The molecule has 1 unspecified atom stereocenters. The van der Waals surface area contributed by atoms with Crippen LogP contribution in [-0.4, -0.2) is 18.9 Å². The van der Waals surface area contributed by atoms with Crippen molar-refractivity contribution in [3.63, 3.8) is 0 Å². The molecular weight excluding hydrogens is 208 g/mol. The quantitative estimate of drug-likeness (QED) is 0.846. The lowest BCUT2D eigenvalue weighted by Crippen LogP contribution is -2.27. The zero-order chi connectivity index (χ0) is 11.9. The van der Waals surface area contributed by atoms with Gasteiger partial charge in [0, 0.05) is 19.5 Å². The van der Waals surface area contributed by atoms with E-state index in [-0.39, 0.29) is 0 Å². The van der Waals surface area contributed by atoms with Gasteiger partial charge in [-0.25, -0.2) is 0 Å². The molecule has 2 rings (SSSR count). The van der Waals surface area contributed by atoms with Crippen LogP contribution in [0.2, 0.25) is 0 Å². The van der Waals surface area contributed by atoms with E-state index in [1.165, 1.54) is 30.7 Å². The first-order chi connectivity index (χ1) is 8.36. The molecule has 1 heterocycles. The zero-order valence-corrected chi connectivity index (χ0v) is 10.7. The molecular formula is C15H22N2. The van der Waals surface area contributed by atoms with Crippen LogP contribution in [0, 0.1) is 0 Å². The number of hydrogen-bond donors (Lipinski definition) is 1. The molecule has 17 heavy (non-hydrogen) atoms. The van der Waals surface area contributed by atoms with Gasteiger partial charge in [0.15, 0.2) is 0 Å². The fourth-order valence-corrected chi connectivity index (χ4v) is 2.19. The highest BCUT2D eigenvalue weighted by atomic mass is 15.0. The molecule has 0 saturated carbocycles. The molecule has 2 nitrogen and oxygen atoms in total. The van der Waals surface area contributed by atoms with Crippen molar-refractivity contribution < 1.29 is 0 Å². The molecule has 0 radical (unpaired) electrons. The van der Waals surface area contributed by atoms with Crippen LogP contribution >= 0.6 is 0 Å². The van der Waals surface area contributed by atoms with E-state index in [2.05, 4.69) is 47.6 Å². The number of hydrogen-bond acceptors (Lipinski definition) is 2. The van der Waals surface area contributed by atoms with E-state index < -0.39 is 0 Å². The van der Waals surface area contributed by atoms with Crippen LogP contribution in [0.3, 0.4) is 0 Å². The fourth-order valence-electron chi connectivity index (χ4n) is 2.19. The van der Waals surface area contributed by atoms with Crippen LogP contribution in [0.5, 0.6) is 0 Å². The number of nitrogens with one attached hydrogen (secondary N) is 1. The van der Waals surface area contributed by atoms with Crippen LogP contribution in [0.4, 0.5) is 0 Å². The fraction of sp³-hybridized carbons (Fsp3) is 0.533. The summed E-state index contributed by atoms with van der Waals surface area (Å²) in [4.78, 5) is 4.59. The van der Waals surface area contributed by atoms with Crippen molar-refractivity contribution in [2.24, 2.45) is 4.99 Å². The largest absolute Gasteiger partial charge is 0.373 e. The molecule has 1 atom stereocenters. The second-order valence-corrected chi connectivity index (χ2v) is 4.83. The molecule has 0 amide bonds. The predicted octanol–water partition coefficient (Wildman–Crippen LogP) is 3.35. The Hall–Kier alpha value is -1.31. The Morgan fingerprint density at radius 1 is 1.18 bits per heavy atom. The lowest BCUT2D eigenvalue weighted by Gasteiger charge is -2.14. The van der Waals surface area contributed by atoms with Gasteiger partial charge in [-0.3, -0.25) is 4.99 Å². The van der Waals surface area contributed by atoms with Gasteiger partial charge in [-0.2, -0.15) is 0 Å². The minimum atomic E-state index is 0.544. The van der Waals surface area contributed by atoms with Gasteiger partial charge in [0.05, 0.1) is 5.84 Å². The van der Waals surface area contributed by atoms with Crippen molar-refractivity contribution >= 4 is 5.84 Å². The van der Waals surface area contributed by atoms with Gasteiger partial charge in [0.25, 0.3) is 0 Å². The molecule has 92 valence electrons. The molecule has 0 spiro atoms. The third-order valence-corrected chi connectivity index (χ3v) is 3.36. The third-order valence-electron chi connectivity index (χ3n) is 3.36. The lowest BCUT2D eigenvalue weighted by molar-refractivity contribution is 0.703. The number of aliphatic imine (C=N–C) groups is 1. The van der Waals surface area contributed by atoms with Crippen molar-refractivity contribution in [3.05, 3.63) is 35.9 Å². The topological polar surface area (TPSA) is 24.4 Å². The maximum absolute atomic E-state index is 4.59. The maximum Gasteiger partial charge on any atom is 0.0963 e. The van der Waals surface area contributed by atoms with Crippen LogP contribution in [-0.2, 0) is 0 Å². The van der Waals surface area contributed by atoms with Crippen molar-refractivity contribution in [2.75, 3.05) is 13.1 Å². The van der Waals surface area contributed by atoms with Crippen LogP contribution in [0.25, 0.3) is 0 Å². The summed E-state index contributed by atoms with van der Waals surface area (Å²) in [6.07, 6.45) is 4.98. The first kappa shape index (κ1) is 12.2. The summed E-state index contributed by atoms with van der Waals surface area (Å²) in [5, 5.41) is 3.51. The van der Waals surface area contributed by atoms with E-state index in [4.69, 9.17) is 0 Å². The highest BCUT2D eigenvalue weighted by Gasteiger charge is 2.07. The molecule has 0 bridgehead atoms. The standard InChI is InChI=1S/C15H22N2/c1-13(14-8-4-2-5-9-14)12-17-15-10-6-3-7-11-16-15/h2,4-5,8-9,13H,3,6-7,10-12H2,1H3,(H,16,17). The van der Waals surface area contributed by atoms with Crippen molar-refractivity contribution in [3.8, 4) is 0 Å². The summed E-state index contributed by atoms with van der Waals surface area (Å²) in [5.41, 5.74) is 1.40. The highest BCUT2D eigenvalue weighted by Crippen LogP contribution is 2.13. The highest BCUT2D eigenvalue weighted by molar-refractivity contribution is 5.82. The molecule has 0 aromatic heterocycles. The molecule has 1 aromatic carbocycles. The lowest BCUT2D eigenvalue weighted by atomic mass is 10.0. The summed E-state index contributed by atoms with van der Waals surface area (Å²) < 4.78 is 0. The van der Waals surface area contributed by atoms with Crippen molar-refractivity contribution in [2.45, 2.75) is 38.5 Å². The second-order valence-electron chi connectivity index (χ2n) is 4.83. The average Bonchev–Trinajstić information content (AvgIpc) is 2.65. The summed E-state index contributed by atoms with van der Waals surface area (Å²) in [5.74, 6) is 1.76. The normalized spacial score (nSPS) is 18.1. The molecule has 0 saturated heterocycles. The Labute approximate surface area is 104 Å². The number of benzene rings is 1. The van der Waals surface area contributed by atoms with Crippen molar-refractivity contribution in [1.82, 2.24) is 5.32 Å². The summed E-state index contributed by atoms with van der Waals surface area (Å²) in [7, 11) is 0. The van der Waals surface area contributed by atoms with Crippen LogP contribution in [0.1, 0.15) is 44.1 Å². The molecule has 0 fully saturated rings. The van der Waals surface area contributed by atoms with E-state index in [1.807, 2.05) is 0 Å². The van der Waals surface area contributed by atoms with Gasteiger partial charge in [0.1, 0.15) is 0 Å². The number of rotatable bonds is 3. The minimum Gasteiger partial charge on any atom is -0.373 e. The molecule has 2 heteroatoms. The summed E-state index contributed by atoms with van der Waals surface area (Å²) in [6, 6.07) is 10.7. The Balaban J connectivity index is 1.83. The molecule has 1 aliphatic rings.